The number of H-pyrrole nitrogens is 1. The maximum atomic E-state index is 12.5. The van der Waals surface area contributed by atoms with Gasteiger partial charge in [0, 0.05) is 48.5 Å². The largest absolute Gasteiger partial charge is 0.378 e. The van der Waals surface area contributed by atoms with E-state index in [-0.39, 0.29) is 12.3 Å². The lowest BCUT2D eigenvalue weighted by atomic mass is 10.1. The minimum absolute atomic E-state index is 0.0834. The van der Waals surface area contributed by atoms with Crippen LogP contribution in [0.1, 0.15) is 5.76 Å². The second-order valence-corrected chi connectivity index (χ2v) is 8.46. The van der Waals surface area contributed by atoms with Crippen molar-refractivity contribution >= 4 is 28.4 Å². The van der Waals surface area contributed by atoms with Crippen LogP contribution in [0.25, 0.3) is 33.5 Å². The summed E-state index contributed by atoms with van der Waals surface area (Å²) in [5.41, 5.74) is 4.88. The zero-order valence-electron chi connectivity index (χ0n) is 19.3. The molecule has 1 saturated heterocycles. The first kappa shape index (κ1) is 21.9. The zero-order chi connectivity index (χ0) is 24.3. The van der Waals surface area contributed by atoms with Gasteiger partial charge in [0.25, 0.3) is 0 Å². The fraction of sp³-hybridized carbons (Fsp3) is 0.192. The Bertz CT molecular complexity index is 1490. The molecule has 10 heteroatoms. The molecule has 0 saturated carbocycles. The lowest BCUT2D eigenvalue weighted by Gasteiger charge is -2.27. The second-order valence-electron chi connectivity index (χ2n) is 8.46. The number of rotatable bonds is 6. The highest BCUT2D eigenvalue weighted by atomic mass is 16.5. The van der Waals surface area contributed by atoms with Crippen LogP contribution in [0.2, 0.25) is 0 Å². The van der Waals surface area contributed by atoms with Crippen molar-refractivity contribution in [3.05, 3.63) is 73.0 Å². The van der Waals surface area contributed by atoms with Gasteiger partial charge in [-0.05, 0) is 35.9 Å². The average Bonchev–Trinajstić information content (AvgIpc) is 3.57. The number of carbonyl (C=O) groups excluding carboxylic acids is 1. The maximum absolute atomic E-state index is 12.5. The summed E-state index contributed by atoms with van der Waals surface area (Å²) < 4.78 is 10.8. The number of amides is 1. The molecule has 0 spiro atoms. The van der Waals surface area contributed by atoms with Crippen LogP contribution < -0.4 is 10.2 Å². The molecular formula is C26H23N7O3. The van der Waals surface area contributed by atoms with Crippen LogP contribution in [0, 0.1) is 0 Å². The molecule has 1 aromatic carbocycles. The van der Waals surface area contributed by atoms with E-state index in [1.54, 1.807) is 24.8 Å². The number of fused-ring (bicyclic) bond motifs is 1. The molecule has 0 radical (unpaired) electrons. The molecular weight excluding hydrogens is 458 g/mol. The van der Waals surface area contributed by atoms with Gasteiger partial charge >= 0.3 is 0 Å². The van der Waals surface area contributed by atoms with Crippen LogP contribution in [0.5, 0.6) is 0 Å². The summed E-state index contributed by atoms with van der Waals surface area (Å²) >= 11 is 0. The van der Waals surface area contributed by atoms with Gasteiger partial charge in [-0.2, -0.15) is 0 Å². The van der Waals surface area contributed by atoms with Gasteiger partial charge in [0.2, 0.25) is 5.91 Å². The Morgan fingerprint density at radius 2 is 1.92 bits per heavy atom. The molecule has 0 bridgehead atoms. The molecule has 5 heterocycles. The molecule has 180 valence electrons. The van der Waals surface area contributed by atoms with Gasteiger partial charge in [0.05, 0.1) is 25.0 Å². The van der Waals surface area contributed by atoms with Gasteiger partial charge in [-0.3, -0.25) is 9.78 Å². The van der Waals surface area contributed by atoms with Crippen LogP contribution in [0.3, 0.4) is 0 Å². The number of carbonyl (C=O) groups is 1. The minimum atomic E-state index is -0.187. The Labute approximate surface area is 206 Å². The lowest BCUT2D eigenvalue weighted by molar-refractivity contribution is -0.115. The molecule has 0 aliphatic carbocycles. The van der Waals surface area contributed by atoms with E-state index in [4.69, 9.17) is 9.26 Å². The lowest BCUT2D eigenvalue weighted by Crippen LogP contribution is -2.36. The Kier molecular flexibility index (Phi) is 5.84. The summed E-state index contributed by atoms with van der Waals surface area (Å²) in [6, 6.07) is 15.2. The molecule has 4 aromatic heterocycles. The van der Waals surface area contributed by atoms with Crippen molar-refractivity contribution < 1.29 is 14.1 Å². The highest BCUT2D eigenvalue weighted by molar-refractivity contribution is 5.93. The first-order valence-corrected chi connectivity index (χ1v) is 11.7. The maximum Gasteiger partial charge on any atom is 0.232 e. The van der Waals surface area contributed by atoms with E-state index in [1.165, 1.54) is 0 Å². The zero-order valence-corrected chi connectivity index (χ0v) is 19.3. The van der Waals surface area contributed by atoms with E-state index in [9.17, 15) is 4.79 Å². The molecule has 1 amide bonds. The van der Waals surface area contributed by atoms with E-state index in [2.05, 4.69) is 41.4 Å². The van der Waals surface area contributed by atoms with Crippen molar-refractivity contribution in [3.63, 3.8) is 0 Å². The first-order valence-electron chi connectivity index (χ1n) is 11.7. The third-order valence-corrected chi connectivity index (χ3v) is 6.05. The molecule has 1 aliphatic heterocycles. The van der Waals surface area contributed by atoms with Crippen molar-refractivity contribution in [2.24, 2.45) is 0 Å². The highest BCUT2D eigenvalue weighted by Gasteiger charge is 2.18. The van der Waals surface area contributed by atoms with Gasteiger partial charge in [-0.1, -0.05) is 17.3 Å². The van der Waals surface area contributed by atoms with Crippen LogP contribution >= 0.6 is 0 Å². The summed E-state index contributed by atoms with van der Waals surface area (Å²) in [6.07, 6.45) is 5.06. The minimum Gasteiger partial charge on any atom is -0.378 e. The number of nitrogens with zero attached hydrogens (tertiary/aromatic N) is 5. The fourth-order valence-corrected chi connectivity index (χ4v) is 4.25. The number of nitrogens with one attached hydrogen (secondary N) is 2. The molecule has 10 nitrogen and oxygen atoms in total. The van der Waals surface area contributed by atoms with Crippen molar-refractivity contribution in [2.45, 2.75) is 6.42 Å². The molecule has 2 N–H and O–H groups in total. The van der Waals surface area contributed by atoms with Crippen molar-refractivity contribution in [3.8, 4) is 22.5 Å². The molecule has 1 aliphatic rings. The van der Waals surface area contributed by atoms with Crippen LogP contribution in [-0.4, -0.2) is 57.3 Å². The van der Waals surface area contributed by atoms with Gasteiger partial charge in [0.1, 0.15) is 29.2 Å². The first-order chi connectivity index (χ1) is 17.7. The monoisotopic (exact) mass is 481 g/mol. The Hall–Kier alpha value is -4.57. The number of aromatic nitrogens is 5. The summed E-state index contributed by atoms with van der Waals surface area (Å²) in [5.74, 6) is 1.21. The van der Waals surface area contributed by atoms with Crippen molar-refractivity contribution in [1.29, 1.82) is 0 Å². The van der Waals surface area contributed by atoms with Gasteiger partial charge < -0.3 is 24.5 Å². The van der Waals surface area contributed by atoms with E-state index >= 15 is 0 Å². The predicted molar refractivity (Wildman–Crippen MR) is 134 cm³/mol. The number of hydrogen-bond donors (Lipinski definition) is 2. The smallest absolute Gasteiger partial charge is 0.232 e. The fourth-order valence-electron chi connectivity index (χ4n) is 4.25. The summed E-state index contributed by atoms with van der Waals surface area (Å²) in [4.78, 5) is 31.1. The number of aromatic amines is 1. The number of morpholine rings is 1. The molecule has 36 heavy (non-hydrogen) atoms. The summed E-state index contributed by atoms with van der Waals surface area (Å²) in [7, 11) is 0. The third-order valence-electron chi connectivity index (χ3n) is 6.05. The van der Waals surface area contributed by atoms with Crippen LogP contribution in [0.4, 0.5) is 11.5 Å². The number of benzene rings is 1. The number of anilines is 2. The van der Waals surface area contributed by atoms with E-state index in [1.807, 2.05) is 36.4 Å². The standard InChI is InChI=1S/C26H23N7O3/c34-24(13-20-12-23(32-36-20)18-2-1-7-27-15-18)30-19-5-3-17(4-6-19)22-14-21-25(31-22)28-16-29-26(21)33-8-10-35-11-9-33/h1-7,12,14-16H,8-11,13H2,(H,30,34)(H,28,29,31). The van der Waals surface area contributed by atoms with Crippen molar-refractivity contribution in [1.82, 2.24) is 25.1 Å². The number of ether oxygens (including phenoxy) is 1. The van der Waals surface area contributed by atoms with Gasteiger partial charge in [-0.25, -0.2) is 9.97 Å². The van der Waals surface area contributed by atoms with Crippen LogP contribution in [0.15, 0.2) is 71.8 Å². The number of hydrogen-bond acceptors (Lipinski definition) is 8. The van der Waals surface area contributed by atoms with Crippen molar-refractivity contribution in [2.75, 3.05) is 36.5 Å². The van der Waals surface area contributed by atoms with Crippen LogP contribution in [-0.2, 0) is 16.0 Å². The average molecular weight is 482 g/mol. The normalized spacial score (nSPS) is 13.7. The molecule has 0 atom stereocenters. The summed E-state index contributed by atoms with van der Waals surface area (Å²) in [6.45, 7) is 3.00. The molecule has 0 unspecified atom stereocenters. The Morgan fingerprint density at radius 1 is 1.06 bits per heavy atom. The Morgan fingerprint density at radius 3 is 2.72 bits per heavy atom. The predicted octanol–water partition coefficient (Wildman–Crippen LogP) is 3.69. The molecule has 1 fully saturated rings. The highest BCUT2D eigenvalue weighted by Crippen LogP contribution is 2.29. The topological polar surface area (TPSA) is 122 Å². The van der Waals surface area contributed by atoms with E-state index < -0.39 is 0 Å². The quantitative estimate of drug-likeness (QED) is 0.377. The third kappa shape index (κ3) is 4.53. The van der Waals surface area contributed by atoms with Gasteiger partial charge in [0.15, 0.2) is 0 Å². The molecule has 5 aromatic rings. The summed E-state index contributed by atoms with van der Waals surface area (Å²) in [5, 5.41) is 7.91. The van der Waals surface area contributed by atoms with E-state index in [0.29, 0.717) is 30.4 Å². The van der Waals surface area contributed by atoms with Gasteiger partial charge in [-0.15, -0.1) is 0 Å². The van der Waals surface area contributed by atoms with E-state index in [0.717, 1.165) is 46.8 Å². The SMILES string of the molecule is O=C(Cc1cc(-c2cccnc2)no1)Nc1ccc(-c2cc3c(N4CCOCC4)ncnc3[nH]2)cc1. The number of pyridine rings is 1. The Balaban J connectivity index is 1.14. The second kappa shape index (κ2) is 9.59. The molecule has 6 rings (SSSR count).